The first-order valence-electron chi connectivity index (χ1n) is 5.40. The predicted octanol–water partition coefficient (Wildman–Crippen LogP) is 1.29. The highest BCUT2D eigenvalue weighted by Gasteiger charge is 2.27. The van der Waals surface area contributed by atoms with Crippen molar-refractivity contribution < 1.29 is 8.42 Å². The predicted molar refractivity (Wildman–Crippen MR) is 67.0 cm³/mol. The van der Waals surface area contributed by atoms with Gasteiger partial charge in [-0.05, 0) is 19.3 Å². The molecule has 0 spiro atoms. The van der Waals surface area contributed by atoms with Gasteiger partial charge in [0.15, 0.2) is 9.84 Å². The zero-order valence-corrected chi connectivity index (χ0v) is 11.1. The lowest BCUT2D eigenvalue weighted by Crippen LogP contribution is -2.16. The molecule has 5 nitrogen and oxygen atoms in total. The van der Waals surface area contributed by atoms with Crippen molar-refractivity contribution in [3.63, 3.8) is 0 Å². The average Bonchev–Trinajstić information content (AvgIpc) is 2.54. The molecule has 94 valence electrons. The molecule has 0 bridgehead atoms. The summed E-state index contributed by atoms with van der Waals surface area (Å²) in [6, 6.07) is 1.64. The summed E-state index contributed by atoms with van der Waals surface area (Å²) in [7, 11) is -2.81. The first kappa shape index (κ1) is 12.6. The minimum absolute atomic E-state index is 0.161. The third-order valence-electron chi connectivity index (χ3n) is 2.71. The Labute approximate surface area is 106 Å². The molecule has 1 N–H and O–H groups in total. The normalized spacial score (nSPS) is 22.6. The van der Waals surface area contributed by atoms with Crippen molar-refractivity contribution in [2.45, 2.75) is 13.3 Å². The molecule has 0 amide bonds. The van der Waals surface area contributed by atoms with Crippen molar-refractivity contribution in [3.8, 4) is 0 Å². The Balaban J connectivity index is 1.94. The SMILES string of the molecule is Cc1nc(Cl)cc(NCC2CCS(=O)(=O)C2)n1. The quantitative estimate of drug-likeness (QED) is 0.842. The standard InChI is InChI=1S/C10H14ClN3O2S/c1-7-13-9(11)4-10(14-7)12-5-8-2-3-17(15,16)6-8/h4,8H,2-3,5-6H2,1H3,(H,12,13,14). The molecule has 0 aliphatic carbocycles. The maximum atomic E-state index is 11.3. The van der Waals surface area contributed by atoms with Gasteiger partial charge >= 0.3 is 0 Å². The van der Waals surface area contributed by atoms with Gasteiger partial charge < -0.3 is 5.32 Å². The highest BCUT2D eigenvalue weighted by molar-refractivity contribution is 7.91. The second-order valence-electron chi connectivity index (χ2n) is 4.27. The number of nitrogens with one attached hydrogen (secondary N) is 1. The fourth-order valence-electron chi connectivity index (χ4n) is 1.90. The number of sulfone groups is 1. The second-order valence-corrected chi connectivity index (χ2v) is 6.89. The third-order valence-corrected chi connectivity index (χ3v) is 4.74. The van der Waals surface area contributed by atoms with Crippen LogP contribution in [-0.2, 0) is 9.84 Å². The summed E-state index contributed by atoms with van der Waals surface area (Å²) in [5.74, 6) is 1.96. The largest absolute Gasteiger partial charge is 0.370 e. The highest BCUT2D eigenvalue weighted by atomic mass is 35.5. The molecule has 1 atom stereocenters. The van der Waals surface area contributed by atoms with Gasteiger partial charge in [0.25, 0.3) is 0 Å². The van der Waals surface area contributed by atoms with Crippen LogP contribution < -0.4 is 5.32 Å². The van der Waals surface area contributed by atoms with Gasteiger partial charge in [-0.1, -0.05) is 11.6 Å². The van der Waals surface area contributed by atoms with Crippen LogP contribution in [0.4, 0.5) is 5.82 Å². The van der Waals surface area contributed by atoms with Crippen molar-refractivity contribution >= 4 is 27.3 Å². The first-order valence-corrected chi connectivity index (χ1v) is 7.60. The number of aryl methyl sites for hydroxylation is 1. The molecule has 1 aromatic rings. The average molecular weight is 276 g/mol. The van der Waals surface area contributed by atoms with E-state index >= 15 is 0 Å². The molecule has 0 radical (unpaired) electrons. The van der Waals surface area contributed by atoms with Gasteiger partial charge in [0.1, 0.15) is 16.8 Å². The minimum Gasteiger partial charge on any atom is -0.370 e. The van der Waals surface area contributed by atoms with E-state index in [1.165, 1.54) is 0 Å². The molecule has 0 aromatic carbocycles. The molecule has 2 heterocycles. The molecular weight excluding hydrogens is 262 g/mol. The van der Waals surface area contributed by atoms with E-state index in [0.29, 0.717) is 35.5 Å². The molecule has 1 aromatic heterocycles. The van der Waals surface area contributed by atoms with Crippen LogP contribution in [0.3, 0.4) is 0 Å². The summed E-state index contributed by atoms with van der Waals surface area (Å²) in [5, 5.41) is 3.49. The number of hydrogen-bond donors (Lipinski definition) is 1. The van der Waals surface area contributed by atoms with Crippen LogP contribution in [0.5, 0.6) is 0 Å². The summed E-state index contributed by atoms with van der Waals surface area (Å²) in [5.41, 5.74) is 0. The van der Waals surface area contributed by atoms with Crippen LogP contribution in [0.25, 0.3) is 0 Å². The monoisotopic (exact) mass is 275 g/mol. The Morgan fingerprint density at radius 3 is 2.88 bits per heavy atom. The number of nitrogens with zero attached hydrogens (tertiary/aromatic N) is 2. The van der Waals surface area contributed by atoms with Gasteiger partial charge in [0.2, 0.25) is 0 Å². The number of rotatable bonds is 3. The topological polar surface area (TPSA) is 72.0 Å². The minimum atomic E-state index is -2.81. The molecule has 1 saturated heterocycles. The number of anilines is 1. The summed E-state index contributed by atoms with van der Waals surface area (Å²) in [6.07, 6.45) is 0.715. The molecule has 0 saturated carbocycles. The van der Waals surface area contributed by atoms with E-state index in [0.717, 1.165) is 0 Å². The molecule has 17 heavy (non-hydrogen) atoms. The Morgan fingerprint density at radius 1 is 1.53 bits per heavy atom. The lowest BCUT2D eigenvalue weighted by atomic mass is 10.1. The summed E-state index contributed by atoms with van der Waals surface area (Å²) < 4.78 is 22.6. The van der Waals surface area contributed by atoms with E-state index in [9.17, 15) is 8.42 Å². The van der Waals surface area contributed by atoms with Gasteiger partial charge in [-0.15, -0.1) is 0 Å². The number of halogens is 1. The fraction of sp³-hybridized carbons (Fsp3) is 0.600. The lowest BCUT2D eigenvalue weighted by molar-refractivity contribution is 0.595. The van der Waals surface area contributed by atoms with Gasteiger partial charge in [0, 0.05) is 12.6 Å². The maximum absolute atomic E-state index is 11.3. The molecule has 2 rings (SSSR count). The fourth-order valence-corrected chi connectivity index (χ4v) is 3.99. The Hall–Kier alpha value is -0.880. The zero-order chi connectivity index (χ0) is 12.5. The Bertz CT molecular complexity index is 498. The van der Waals surface area contributed by atoms with Crippen LogP contribution in [0.2, 0.25) is 5.15 Å². The first-order chi connectivity index (χ1) is 7.94. The van der Waals surface area contributed by atoms with Crippen molar-refractivity contribution in [3.05, 3.63) is 17.0 Å². The van der Waals surface area contributed by atoms with Gasteiger partial charge in [-0.3, -0.25) is 0 Å². The maximum Gasteiger partial charge on any atom is 0.150 e. The molecular formula is C10H14ClN3O2S. The smallest absolute Gasteiger partial charge is 0.150 e. The Kier molecular flexibility index (Phi) is 3.53. The molecule has 1 aliphatic heterocycles. The van der Waals surface area contributed by atoms with E-state index in [1.807, 2.05) is 0 Å². The van der Waals surface area contributed by atoms with Crippen LogP contribution in [0, 0.1) is 12.8 Å². The van der Waals surface area contributed by atoms with E-state index in [4.69, 9.17) is 11.6 Å². The van der Waals surface area contributed by atoms with Crippen LogP contribution in [-0.4, -0.2) is 36.4 Å². The van der Waals surface area contributed by atoms with Crippen molar-refractivity contribution in [1.29, 1.82) is 0 Å². The van der Waals surface area contributed by atoms with Crippen molar-refractivity contribution in [2.75, 3.05) is 23.4 Å². The van der Waals surface area contributed by atoms with Crippen molar-refractivity contribution in [2.24, 2.45) is 5.92 Å². The van der Waals surface area contributed by atoms with Gasteiger partial charge in [0.05, 0.1) is 11.5 Å². The van der Waals surface area contributed by atoms with E-state index in [2.05, 4.69) is 15.3 Å². The number of aromatic nitrogens is 2. The Morgan fingerprint density at radius 2 is 2.29 bits per heavy atom. The number of hydrogen-bond acceptors (Lipinski definition) is 5. The van der Waals surface area contributed by atoms with Crippen molar-refractivity contribution in [1.82, 2.24) is 9.97 Å². The van der Waals surface area contributed by atoms with Gasteiger partial charge in [-0.2, -0.15) is 0 Å². The molecule has 7 heteroatoms. The van der Waals surface area contributed by atoms with Gasteiger partial charge in [-0.25, -0.2) is 18.4 Å². The van der Waals surface area contributed by atoms with Crippen LogP contribution >= 0.6 is 11.6 Å². The summed E-state index contributed by atoms with van der Waals surface area (Å²) in [4.78, 5) is 8.13. The van der Waals surface area contributed by atoms with E-state index < -0.39 is 9.84 Å². The van der Waals surface area contributed by atoms with Crippen LogP contribution in [0.15, 0.2) is 6.07 Å². The summed E-state index contributed by atoms with van der Waals surface area (Å²) in [6.45, 7) is 2.36. The molecule has 1 unspecified atom stereocenters. The van der Waals surface area contributed by atoms with Crippen LogP contribution in [0.1, 0.15) is 12.2 Å². The second kappa shape index (κ2) is 4.78. The zero-order valence-electron chi connectivity index (χ0n) is 9.48. The highest BCUT2D eigenvalue weighted by Crippen LogP contribution is 2.19. The molecule has 1 fully saturated rings. The van der Waals surface area contributed by atoms with E-state index in [-0.39, 0.29) is 11.7 Å². The lowest BCUT2D eigenvalue weighted by Gasteiger charge is -2.10. The third kappa shape index (κ3) is 3.54. The molecule has 1 aliphatic rings. The summed E-state index contributed by atoms with van der Waals surface area (Å²) >= 11 is 5.80. The van der Waals surface area contributed by atoms with E-state index in [1.54, 1.807) is 13.0 Å².